The van der Waals surface area contributed by atoms with Crippen LogP contribution < -0.4 is 5.32 Å². The third kappa shape index (κ3) is 4.77. The highest BCUT2D eigenvalue weighted by Crippen LogP contribution is 2.44. The molecule has 2 aromatic rings. The van der Waals surface area contributed by atoms with Crippen molar-refractivity contribution in [2.24, 2.45) is 0 Å². The van der Waals surface area contributed by atoms with E-state index < -0.39 is 36.2 Å². The minimum absolute atomic E-state index is 0.0213. The summed E-state index contributed by atoms with van der Waals surface area (Å²) in [6, 6.07) is 14.0. The molecule has 2 aliphatic rings. The summed E-state index contributed by atoms with van der Waals surface area (Å²) in [5.41, 5.74) is 4.42. The van der Waals surface area contributed by atoms with Gasteiger partial charge in [0.2, 0.25) is 5.91 Å². The first-order chi connectivity index (χ1) is 16.4. The molecule has 1 heterocycles. The van der Waals surface area contributed by atoms with Gasteiger partial charge in [-0.05, 0) is 28.7 Å². The fourth-order valence-corrected chi connectivity index (χ4v) is 4.94. The molecule has 4 rings (SSSR count). The number of nitrogens with zero attached hydrogens (tertiary/aromatic N) is 1. The monoisotopic (exact) mass is 466 g/mol. The summed E-state index contributed by atoms with van der Waals surface area (Å²) in [6.07, 6.45) is 0.203. The highest BCUT2D eigenvalue weighted by atomic mass is 16.5. The standard InChI is InChI=1S/C26H30N2O6/c1-2-3-12-22(24(30)28-14-16(29)13-23(28)25(31)32)27-26(33)34-15-21-19-10-6-4-8-17(19)18-9-5-7-11-20(18)21/h4-11,16,21-23,29H,2-3,12-15H2,1H3,(H,27,33)(H,31,32)/t16-,22+,23+/m1/s1. The van der Waals surface area contributed by atoms with Gasteiger partial charge in [0.05, 0.1) is 6.10 Å². The Morgan fingerprint density at radius 3 is 2.29 bits per heavy atom. The fraction of sp³-hybridized carbons (Fsp3) is 0.423. The van der Waals surface area contributed by atoms with Crippen molar-refractivity contribution in [1.82, 2.24) is 10.2 Å². The number of aliphatic hydroxyl groups is 1. The molecule has 0 saturated carbocycles. The van der Waals surface area contributed by atoms with Crippen LogP contribution in [0.3, 0.4) is 0 Å². The van der Waals surface area contributed by atoms with E-state index in [4.69, 9.17) is 4.74 Å². The molecule has 180 valence electrons. The number of benzene rings is 2. The third-order valence-corrected chi connectivity index (χ3v) is 6.63. The highest BCUT2D eigenvalue weighted by Gasteiger charge is 2.41. The molecule has 3 atom stereocenters. The quantitative estimate of drug-likeness (QED) is 0.551. The summed E-state index contributed by atoms with van der Waals surface area (Å²) in [7, 11) is 0. The van der Waals surface area contributed by atoms with E-state index >= 15 is 0 Å². The Labute approximate surface area is 198 Å². The zero-order valence-corrected chi connectivity index (χ0v) is 19.1. The summed E-state index contributed by atoms with van der Waals surface area (Å²) in [6.45, 7) is 2.02. The number of aliphatic carboxylic acids is 1. The predicted octanol–water partition coefficient (Wildman–Crippen LogP) is 3.13. The molecule has 1 saturated heterocycles. The van der Waals surface area contributed by atoms with E-state index in [1.54, 1.807) is 0 Å². The van der Waals surface area contributed by atoms with Gasteiger partial charge in [-0.1, -0.05) is 68.3 Å². The van der Waals surface area contributed by atoms with Crippen LogP contribution in [0.5, 0.6) is 0 Å². The second kappa shape index (κ2) is 10.3. The molecule has 34 heavy (non-hydrogen) atoms. The maximum absolute atomic E-state index is 13.1. The van der Waals surface area contributed by atoms with Crippen molar-refractivity contribution >= 4 is 18.0 Å². The lowest BCUT2D eigenvalue weighted by Gasteiger charge is -2.27. The van der Waals surface area contributed by atoms with E-state index in [2.05, 4.69) is 17.4 Å². The largest absolute Gasteiger partial charge is 0.480 e. The summed E-state index contributed by atoms with van der Waals surface area (Å²) >= 11 is 0. The first kappa shape index (κ1) is 23.8. The molecular formula is C26H30N2O6. The van der Waals surface area contributed by atoms with Crippen molar-refractivity contribution in [3.05, 3.63) is 59.7 Å². The Hall–Kier alpha value is -3.39. The van der Waals surface area contributed by atoms with Gasteiger partial charge in [0.1, 0.15) is 18.7 Å². The van der Waals surface area contributed by atoms with Gasteiger partial charge in [-0.25, -0.2) is 9.59 Å². The van der Waals surface area contributed by atoms with E-state index in [-0.39, 0.29) is 25.5 Å². The number of alkyl carbamates (subject to hydrolysis) is 1. The highest BCUT2D eigenvalue weighted by molar-refractivity contribution is 5.90. The Kier molecular flexibility index (Phi) is 7.17. The number of carbonyl (C=O) groups excluding carboxylic acids is 2. The van der Waals surface area contributed by atoms with E-state index in [0.717, 1.165) is 33.6 Å². The average Bonchev–Trinajstić information content (AvgIpc) is 3.38. The molecule has 0 spiro atoms. The van der Waals surface area contributed by atoms with Crippen LogP contribution in [0.2, 0.25) is 0 Å². The zero-order chi connectivity index (χ0) is 24.2. The Balaban J connectivity index is 1.44. The minimum atomic E-state index is -1.17. The Bertz CT molecular complexity index is 1030. The van der Waals surface area contributed by atoms with Gasteiger partial charge in [0.25, 0.3) is 0 Å². The number of β-amino-alcohol motifs (C(OH)–C–C–N with tert-alkyl or cyclic N) is 1. The van der Waals surface area contributed by atoms with Crippen LogP contribution in [0.4, 0.5) is 4.79 Å². The number of carbonyl (C=O) groups is 3. The smallest absolute Gasteiger partial charge is 0.407 e. The lowest BCUT2D eigenvalue weighted by atomic mass is 9.98. The number of nitrogens with one attached hydrogen (secondary N) is 1. The van der Waals surface area contributed by atoms with Crippen LogP contribution in [0.25, 0.3) is 11.1 Å². The van der Waals surface area contributed by atoms with Crippen LogP contribution in [0, 0.1) is 0 Å². The molecule has 1 aliphatic heterocycles. The first-order valence-electron chi connectivity index (χ1n) is 11.7. The molecule has 2 aromatic carbocycles. The number of aliphatic hydroxyl groups excluding tert-OH is 1. The molecule has 0 aromatic heterocycles. The van der Waals surface area contributed by atoms with Crippen molar-refractivity contribution in [1.29, 1.82) is 0 Å². The normalized spacial score (nSPS) is 19.9. The number of hydrogen-bond donors (Lipinski definition) is 3. The van der Waals surface area contributed by atoms with Gasteiger partial charge in [-0.3, -0.25) is 4.79 Å². The summed E-state index contributed by atoms with van der Waals surface area (Å²) < 4.78 is 5.57. The van der Waals surface area contributed by atoms with Crippen molar-refractivity contribution in [2.75, 3.05) is 13.2 Å². The topological polar surface area (TPSA) is 116 Å². The van der Waals surface area contributed by atoms with Crippen molar-refractivity contribution in [2.45, 2.75) is 56.7 Å². The molecule has 0 radical (unpaired) electrons. The number of carboxylic acid groups (broad SMARTS) is 1. The van der Waals surface area contributed by atoms with E-state index in [0.29, 0.717) is 12.8 Å². The zero-order valence-electron chi connectivity index (χ0n) is 19.1. The molecule has 0 bridgehead atoms. The van der Waals surface area contributed by atoms with Gasteiger partial charge < -0.3 is 25.2 Å². The second-order valence-electron chi connectivity index (χ2n) is 8.90. The van der Waals surface area contributed by atoms with Crippen molar-refractivity contribution in [3.63, 3.8) is 0 Å². The molecule has 8 nitrogen and oxygen atoms in total. The number of fused-ring (bicyclic) bond motifs is 3. The van der Waals surface area contributed by atoms with Crippen LogP contribution in [-0.2, 0) is 14.3 Å². The van der Waals surface area contributed by atoms with E-state index in [1.807, 2.05) is 43.3 Å². The number of unbranched alkanes of at least 4 members (excludes halogenated alkanes) is 1. The number of hydrogen-bond acceptors (Lipinski definition) is 5. The second-order valence-corrected chi connectivity index (χ2v) is 8.90. The number of rotatable bonds is 8. The SMILES string of the molecule is CCCC[C@H](NC(=O)OCC1c2ccccc2-c2ccccc21)C(=O)N1C[C@H](O)C[C@H]1C(=O)O. The third-order valence-electron chi connectivity index (χ3n) is 6.63. The van der Waals surface area contributed by atoms with Gasteiger partial charge in [-0.2, -0.15) is 0 Å². The lowest BCUT2D eigenvalue weighted by molar-refractivity contribution is -0.149. The number of ether oxygens (including phenoxy) is 1. The molecule has 0 unspecified atom stereocenters. The van der Waals surface area contributed by atoms with Crippen molar-refractivity contribution in [3.8, 4) is 11.1 Å². The molecule has 3 N–H and O–H groups in total. The van der Waals surface area contributed by atoms with E-state index in [9.17, 15) is 24.6 Å². The van der Waals surface area contributed by atoms with Crippen LogP contribution in [0.15, 0.2) is 48.5 Å². The van der Waals surface area contributed by atoms with Crippen LogP contribution in [-0.4, -0.2) is 64.4 Å². The van der Waals surface area contributed by atoms with Gasteiger partial charge in [-0.15, -0.1) is 0 Å². The Morgan fingerprint density at radius 1 is 1.09 bits per heavy atom. The summed E-state index contributed by atoms with van der Waals surface area (Å²) in [5, 5.41) is 22.0. The molecule has 2 amide bonds. The number of carboxylic acids is 1. The van der Waals surface area contributed by atoms with Gasteiger partial charge in [0, 0.05) is 18.9 Å². The van der Waals surface area contributed by atoms with Gasteiger partial charge >= 0.3 is 12.1 Å². The summed E-state index contributed by atoms with van der Waals surface area (Å²) in [4.78, 5) is 38.5. The average molecular weight is 467 g/mol. The predicted molar refractivity (Wildman–Crippen MR) is 125 cm³/mol. The summed E-state index contributed by atoms with van der Waals surface area (Å²) in [5.74, 6) is -1.78. The van der Waals surface area contributed by atoms with Crippen molar-refractivity contribution < 1.29 is 29.3 Å². The Morgan fingerprint density at radius 2 is 1.71 bits per heavy atom. The van der Waals surface area contributed by atoms with E-state index in [1.165, 1.54) is 0 Å². The molecule has 8 heteroatoms. The molecule has 1 aliphatic carbocycles. The first-order valence-corrected chi connectivity index (χ1v) is 11.7. The fourth-order valence-electron chi connectivity index (χ4n) is 4.94. The number of likely N-dealkylation sites (tertiary alicyclic amines) is 1. The maximum atomic E-state index is 13.1. The lowest BCUT2D eigenvalue weighted by Crippen LogP contribution is -2.52. The maximum Gasteiger partial charge on any atom is 0.407 e. The van der Waals surface area contributed by atoms with Crippen LogP contribution >= 0.6 is 0 Å². The minimum Gasteiger partial charge on any atom is -0.480 e. The number of amides is 2. The molecular weight excluding hydrogens is 436 g/mol. The van der Waals surface area contributed by atoms with Crippen LogP contribution in [0.1, 0.15) is 49.7 Å². The molecule has 1 fully saturated rings. The van der Waals surface area contributed by atoms with Gasteiger partial charge in [0.15, 0.2) is 0 Å².